The molecule has 1 amide bonds. The van der Waals surface area contributed by atoms with E-state index in [1.807, 2.05) is 43.6 Å². The monoisotopic (exact) mass is 320 g/mol. The smallest absolute Gasteiger partial charge is 0.410 e. The lowest BCUT2D eigenvalue weighted by Crippen LogP contribution is -2.61. The first-order chi connectivity index (χ1) is 10.7. The molecular weight excluding hydrogens is 292 g/mol. The van der Waals surface area contributed by atoms with Crippen LogP contribution in [-0.2, 0) is 11.8 Å². The molecule has 3 rings (SSSR count). The van der Waals surface area contributed by atoms with Gasteiger partial charge in [-0.3, -0.25) is 9.58 Å². The second-order valence-corrected chi connectivity index (χ2v) is 7.85. The van der Waals surface area contributed by atoms with Crippen LogP contribution in [0.4, 0.5) is 10.6 Å². The van der Waals surface area contributed by atoms with E-state index in [2.05, 4.69) is 23.8 Å². The van der Waals surface area contributed by atoms with E-state index in [1.54, 1.807) is 0 Å². The highest BCUT2D eigenvalue weighted by atomic mass is 16.6. The highest BCUT2D eigenvalue weighted by Gasteiger charge is 2.48. The summed E-state index contributed by atoms with van der Waals surface area (Å²) in [5, 5.41) is 4.37. The molecule has 1 aromatic rings. The molecule has 0 radical (unpaired) electrons. The molecule has 128 valence electrons. The Morgan fingerprint density at radius 1 is 1.35 bits per heavy atom. The topological polar surface area (TPSA) is 50.6 Å². The summed E-state index contributed by atoms with van der Waals surface area (Å²) in [5.74, 6) is 1.17. The minimum Gasteiger partial charge on any atom is -0.444 e. The Morgan fingerprint density at radius 3 is 2.61 bits per heavy atom. The minimum absolute atomic E-state index is 0.168. The van der Waals surface area contributed by atoms with Gasteiger partial charge in [0.05, 0.1) is 18.3 Å². The van der Waals surface area contributed by atoms with E-state index in [0.29, 0.717) is 0 Å². The number of hydrogen-bond donors (Lipinski definition) is 0. The zero-order chi connectivity index (χ0) is 16.9. The van der Waals surface area contributed by atoms with Crippen molar-refractivity contribution in [1.82, 2.24) is 14.7 Å². The summed E-state index contributed by atoms with van der Waals surface area (Å²) in [6, 6.07) is 0.689. The molecule has 0 aromatic carbocycles. The summed E-state index contributed by atoms with van der Waals surface area (Å²) >= 11 is 0. The zero-order valence-electron chi connectivity index (χ0n) is 15.0. The predicted octanol–water partition coefficient (Wildman–Crippen LogP) is 2.71. The maximum absolute atomic E-state index is 12.6. The summed E-state index contributed by atoms with van der Waals surface area (Å²) < 4.78 is 7.57. The molecular formula is C17H28N4O2. The first kappa shape index (κ1) is 16.1. The number of amides is 1. The number of ether oxygens (including phenoxy) is 1. The Labute approximate surface area is 138 Å². The van der Waals surface area contributed by atoms with Crippen molar-refractivity contribution in [3.63, 3.8) is 0 Å². The third-order valence-electron chi connectivity index (χ3n) is 4.96. The SMILES string of the molecule is Cc1cnn(C)c1N1C[C@@H]2CC[C@H]([C@@H]1C)N2C(=O)OC(C)(C)C. The van der Waals surface area contributed by atoms with E-state index in [9.17, 15) is 4.79 Å². The van der Waals surface area contributed by atoms with Gasteiger partial charge in [-0.1, -0.05) is 0 Å². The fourth-order valence-corrected chi connectivity index (χ4v) is 4.00. The molecule has 0 spiro atoms. The van der Waals surface area contributed by atoms with Crippen molar-refractivity contribution < 1.29 is 9.53 Å². The van der Waals surface area contributed by atoms with E-state index < -0.39 is 5.60 Å². The summed E-state index contributed by atoms with van der Waals surface area (Å²) in [5.41, 5.74) is 0.736. The summed E-state index contributed by atoms with van der Waals surface area (Å²) in [7, 11) is 1.98. The molecule has 0 unspecified atom stereocenters. The van der Waals surface area contributed by atoms with Crippen LogP contribution in [0.3, 0.4) is 0 Å². The number of hydrogen-bond acceptors (Lipinski definition) is 4. The Hall–Kier alpha value is -1.72. The number of piperazine rings is 1. The van der Waals surface area contributed by atoms with Gasteiger partial charge in [0, 0.05) is 25.2 Å². The molecule has 2 aliphatic heterocycles. The summed E-state index contributed by atoms with van der Waals surface area (Å²) in [6.07, 6.45) is 3.82. The zero-order valence-corrected chi connectivity index (χ0v) is 15.0. The number of rotatable bonds is 1. The van der Waals surface area contributed by atoms with Gasteiger partial charge in [-0.15, -0.1) is 0 Å². The van der Waals surface area contributed by atoms with E-state index in [0.717, 1.165) is 19.4 Å². The van der Waals surface area contributed by atoms with Crippen molar-refractivity contribution >= 4 is 11.9 Å². The van der Waals surface area contributed by atoms with Crippen LogP contribution in [0, 0.1) is 6.92 Å². The Balaban J connectivity index is 1.83. The molecule has 0 N–H and O–H groups in total. The van der Waals surface area contributed by atoms with Gasteiger partial charge in [-0.25, -0.2) is 4.79 Å². The molecule has 2 fully saturated rings. The largest absolute Gasteiger partial charge is 0.444 e. The van der Waals surface area contributed by atoms with Crippen molar-refractivity contribution in [1.29, 1.82) is 0 Å². The van der Waals surface area contributed by atoms with Crippen LogP contribution in [0.5, 0.6) is 0 Å². The van der Waals surface area contributed by atoms with Crippen LogP contribution >= 0.6 is 0 Å². The third-order valence-corrected chi connectivity index (χ3v) is 4.96. The van der Waals surface area contributed by atoms with E-state index in [4.69, 9.17) is 4.74 Å². The van der Waals surface area contributed by atoms with Gasteiger partial charge in [-0.2, -0.15) is 5.10 Å². The molecule has 2 aliphatic rings. The minimum atomic E-state index is -0.449. The molecule has 3 heterocycles. The standard InChI is InChI=1S/C17H28N4O2/c1-11-9-18-19(6)15(11)20-10-13-7-8-14(12(20)2)21(13)16(22)23-17(3,4)5/h9,12-14H,7-8,10H2,1-6H3/t12-,13-,14+/m0/s1. The Morgan fingerprint density at radius 2 is 2.04 bits per heavy atom. The first-order valence-corrected chi connectivity index (χ1v) is 8.45. The van der Waals surface area contributed by atoms with E-state index in [-0.39, 0.29) is 24.2 Å². The lowest BCUT2D eigenvalue weighted by molar-refractivity contribution is 0.00828. The van der Waals surface area contributed by atoms with E-state index >= 15 is 0 Å². The molecule has 6 nitrogen and oxygen atoms in total. The van der Waals surface area contributed by atoms with Crippen LogP contribution in [0.15, 0.2) is 6.20 Å². The van der Waals surface area contributed by atoms with Gasteiger partial charge in [0.1, 0.15) is 11.4 Å². The van der Waals surface area contributed by atoms with Crippen molar-refractivity contribution in [2.75, 3.05) is 11.4 Å². The molecule has 2 bridgehead atoms. The van der Waals surface area contributed by atoms with Gasteiger partial charge in [-0.05, 0) is 47.5 Å². The molecule has 1 aromatic heterocycles. The van der Waals surface area contributed by atoms with Crippen LogP contribution in [0.1, 0.15) is 46.1 Å². The van der Waals surface area contributed by atoms with Crippen molar-refractivity contribution in [2.45, 2.75) is 71.2 Å². The van der Waals surface area contributed by atoms with Gasteiger partial charge in [0.15, 0.2) is 0 Å². The maximum Gasteiger partial charge on any atom is 0.410 e. The molecule has 6 heteroatoms. The summed E-state index contributed by atoms with van der Waals surface area (Å²) in [6.45, 7) is 10.9. The number of aryl methyl sites for hydroxylation is 2. The van der Waals surface area contributed by atoms with E-state index in [1.165, 1.54) is 11.4 Å². The quantitative estimate of drug-likeness (QED) is 0.798. The number of aromatic nitrogens is 2. The lowest BCUT2D eigenvalue weighted by Gasteiger charge is -2.46. The number of fused-ring (bicyclic) bond motifs is 2. The highest BCUT2D eigenvalue weighted by Crippen LogP contribution is 2.38. The number of anilines is 1. The Bertz CT molecular complexity index is 585. The fraction of sp³-hybridized carbons (Fsp3) is 0.765. The van der Waals surface area contributed by atoms with Gasteiger partial charge in [0.2, 0.25) is 0 Å². The second kappa shape index (κ2) is 5.42. The molecule has 0 saturated carbocycles. The Kier molecular flexibility index (Phi) is 3.81. The average molecular weight is 320 g/mol. The van der Waals surface area contributed by atoms with Crippen LogP contribution in [0.2, 0.25) is 0 Å². The van der Waals surface area contributed by atoms with Crippen LogP contribution < -0.4 is 4.90 Å². The predicted molar refractivity (Wildman–Crippen MR) is 89.6 cm³/mol. The molecule has 0 aliphatic carbocycles. The number of carbonyl (C=O) groups excluding carboxylic acids is 1. The average Bonchev–Trinajstić information content (AvgIpc) is 2.94. The first-order valence-electron chi connectivity index (χ1n) is 8.45. The number of nitrogens with zero attached hydrogens (tertiary/aromatic N) is 4. The van der Waals surface area contributed by atoms with Gasteiger partial charge in [0.25, 0.3) is 0 Å². The fourth-order valence-electron chi connectivity index (χ4n) is 4.00. The molecule has 23 heavy (non-hydrogen) atoms. The lowest BCUT2D eigenvalue weighted by atomic mass is 10.0. The summed E-state index contributed by atoms with van der Waals surface area (Å²) in [4.78, 5) is 17.0. The third kappa shape index (κ3) is 2.79. The highest BCUT2D eigenvalue weighted by molar-refractivity contribution is 5.70. The number of carbonyl (C=O) groups is 1. The maximum atomic E-state index is 12.6. The van der Waals surface area contributed by atoms with Gasteiger partial charge >= 0.3 is 6.09 Å². The van der Waals surface area contributed by atoms with Gasteiger partial charge < -0.3 is 9.64 Å². The normalized spacial score (nSPS) is 27.5. The molecule has 2 saturated heterocycles. The van der Waals surface area contributed by atoms with Crippen molar-refractivity contribution in [2.24, 2.45) is 7.05 Å². The van der Waals surface area contributed by atoms with Crippen molar-refractivity contribution in [3.8, 4) is 0 Å². The van der Waals surface area contributed by atoms with Crippen LogP contribution in [0.25, 0.3) is 0 Å². The second-order valence-electron chi connectivity index (χ2n) is 7.85. The molecule has 3 atom stereocenters. The van der Waals surface area contributed by atoms with Crippen molar-refractivity contribution in [3.05, 3.63) is 11.8 Å². The van der Waals surface area contributed by atoms with Crippen LogP contribution in [-0.4, -0.2) is 51.0 Å².